The molecule has 1 saturated heterocycles. The minimum Gasteiger partial charge on any atom is -0.364 e. The second-order valence-corrected chi connectivity index (χ2v) is 7.52. The van der Waals surface area contributed by atoms with Crippen molar-refractivity contribution in [2.45, 2.75) is 19.4 Å². The van der Waals surface area contributed by atoms with E-state index in [1.54, 1.807) is 29.6 Å². The van der Waals surface area contributed by atoms with Gasteiger partial charge in [0.15, 0.2) is 0 Å². The van der Waals surface area contributed by atoms with E-state index in [1.165, 1.54) is 0 Å². The zero-order valence-corrected chi connectivity index (χ0v) is 17.4. The quantitative estimate of drug-likeness (QED) is 0.707. The van der Waals surface area contributed by atoms with E-state index in [1.807, 2.05) is 50.0 Å². The largest absolute Gasteiger partial charge is 0.364 e. The molecule has 3 heterocycles. The molecule has 8 nitrogen and oxygen atoms in total. The Morgan fingerprint density at radius 1 is 1.31 bits per heavy atom. The molecule has 3 rings (SSSR count). The number of aromatic amines is 1. The molecule has 29 heavy (non-hydrogen) atoms. The van der Waals surface area contributed by atoms with Gasteiger partial charge in [-0.1, -0.05) is 13.0 Å². The smallest absolute Gasteiger partial charge is 0.271 e. The van der Waals surface area contributed by atoms with Gasteiger partial charge in [-0.25, -0.2) is 4.98 Å². The minimum absolute atomic E-state index is 0.00538. The Labute approximate surface area is 170 Å². The first-order valence-corrected chi connectivity index (χ1v) is 9.76. The van der Waals surface area contributed by atoms with Crippen LogP contribution in [0.4, 0.5) is 5.69 Å². The second kappa shape index (κ2) is 9.00. The Balaban J connectivity index is 1.69. The van der Waals surface area contributed by atoms with Crippen LogP contribution in [0.25, 0.3) is 11.3 Å². The van der Waals surface area contributed by atoms with Crippen LogP contribution < -0.4 is 10.5 Å². The predicted molar refractivity (Wildman–Crippen MR) is 114 cm³/mol. The molecule has 0 spiro atoms. The summed E-state index contributed by atoms with van der Waals surface area (Å²) in [5, 5.41) is 0. The normalized spacial score (nSPS) is 14.4. The molecular formula is C21H28N6O2. The monoisotopic (exact) mass is 396 g/mol. The maximum atomic E-state index is 12.4. The fourth-order valence-corrected chi connectivity index (χ4v) is 3.14. The summed E-state index contributed by atoms with van der Waals surface area (Å²) in [6, 6.07) is 1.94. The SMILES string of the molecule is CCc1cncc(-c2c[nH]c(=O)c(N(C)C3CN(C(=O)/C=C/CN(C)C)C3)c2)n1. The van der Waals surface area contributed by atoms with Crippen molar-refractivity contribution in [1.29, 1.82) is 0 Å². The lowest BCUT2D eigenvalue weighted by Crippen LogP contribution is -2.60. The van der Waals surface area contributed by atoms with Crippen molar-refractivity contribution in [3.8, 4) is 11.3 Å². The van der Waals surface area contributed by atoms with E-state index in [-0.39, 0.29) is 17.5 Å². The number of likely N-dealkylation sites (tertiary alicyclic amines) is 1. The molecule has 1 fully saturated rings. The lowest BCUT2D eigenvalue weighted by atomic mass is 10.1. The Morgan fingerprint density at radius 2 is 2.07 bits per heavy atom. The number of carbonyl (C=O) groups excluding carboxylic acids is 1. The number of nitrogens with zero attached hydrogens (tertiary/aromatic N) is 5. The summed E-state index contributed by atoms with van der Waals surface area (Å²) >= 11 is 0. The summed E-state index contributed by atoms with van der Waals surface area (Å²) in [5.74, 6) is 0.00538. The highest BCUT2D eigenvalue weighted by Gasteiger charge is 2.33. The third kappa shape index (κ3) is 4.89. The van der Waals surface area contributed by atoms with E-state index in [9.17, 15) is 9.59 Å². The predicted octanol–water partition coefficient (Wildman–Crippen LogP) is 1.16. The van der Waals surface area contributed by atoms with Crippen LogP contribution in [-0.2, 0) is 11.2 Å². The summed E-state index contributed by atoms with van der Waals surface area (Å²) in [6.45, 7) is 3.94. The van der Waals surface area contributed by atoms with Gasteiger partial charge in [-0.15, -0.1) is 0 Å². The van der Waals surface area contributed by atoms with Gasteiger partial charge in [-0.3, -0.25) is 14.6 Å². The van der Waals surface area contributed by atoms with Gasteiger partial charge < -0.3 is 19.7 Å². The lowest BCUT2D eigenvalue weighted by Gasteiger charge is -2.44. The number of H-pyrrole nitrogens is 1. The number of aryl methyl sites for hydroxylation is 1. The van der Waals surface area contributed by atoms with Gasteiger partial charge in [0.05, 0.1) is 23.6 Å². The molecule has 154 valence electrons. The zero-order chi connectivity index (χ0) is 21.0. The van der Waals surface area contributed by atoms with Gasteiger partial charge in [0.1, 0.15) is 5.69 Å². The van der Waals surface area contributed by atoms with E-state index in [0.29, 0.717) is 18.8 Å². The van der Waals surface area contributed by atoms with Gasteiger partial charge in [0, 0.05) is 50.7 Å². The van der Waals surface area contributed by atoms with E-state index in [2.05, 4.69) is 15.0 Å². The molecule has 0 unspecified atom stereocenters. The topological polar surface area (TPSA) is 85.4 Å². The van der Waals surface area contributed by atoms with Crippen LogP contribution in [0.2, 0.25) is 0 Å². The molecule has 0 aliphatic carbocycles. The van der Waals surface area contributed by atoms with E-state index < -0.39 is 0 Å². The molecule has 0 aromatic carbocycles. The standard InChI is InChI=1S/C21H28N6O2/c1-5-16-11-22-12-18(24-16)15-9-19(21(29)23-10-15)26(4)17-13-27(14-17)20(28)7-6-8-25(2)3/h6-7,9-12,17H,5,8,13-14H2,1-4H3,(H,23,29)/b7-6+. The van der Waals surface area contributed by atoms with Crippen molar-refractivity contribution in [3.05, 3.63) is 52.9 Å². The Kier molecular flexibility index (Phi) is 6.43. The third-order valence-electron chi connectivity index (χ3n) is 5.06. The molecule has 8 heteroatoms. The van der Waals surface area contributed by atoms with Crippen molar-refractivity contribution >= 4 is 11.6 Å². The van der Waals surface area contributed by atoms with Crippen molar-refractivity contribution < 1.29 is 4.79 Å². The van der Waals surface area contributed by atoms with Crippen molar-refractivity contribution in [2.75, 3.05) is 45.7 Å². The maximum absolute atomic E-state index is 12.4. The van der Waals surface area contributed by atoms with Crippen LogP contribution in [0.15, 0.2) is 41.6 Å². The highest BCUT2D eigenvalue weighted by molar-refractivity contribution is 5.88. The molecule has 1 N–H and O–H groups in total. The molecule has 0 saturated carbocycles. The summed E-state index contributed by atoms with van der Waals surface area (Å²) in [6.07, 6.45) is 9.37. The van der Waals surface area contributed by atoms with Crippen molar-refractivity contribution in [1.82, 2.24) is 24.8 Å². The average Bonchev–Trinajstić information content (AvgIpc) is 2.66. The van der Waals surface area contributed by atoms with Gasteiger partial charge in [-0.05, 0) is 26.6 Å². The van der Waals surface area contributed by atoms with Crippen LogP contribution in [0, 0.1) is 0 Å². The number of aromatic nitrogens is 3. The summed E-state index contributed by atoms with van der Waals surface area (Å²) in [7, 11) is 5.80. The van der Waals surface area contributed by atoms with E-state index in [0.717, 1.165) is 29.9 Å². The lowest BCUT2D eigenvalue weighted by molar-refractivity contribution is -0.130. The molecule has 0 radical (unpaired) electrons. The Hall–Kier alpha value is -3.00. The maximum Gasteiger partial charge on any atom is 0.271 e. The van der Waals surface area contributed by atoms with Crippen LogP contribution in [-0.4, -0.2) is 77.5 Å². The first-order chi connectivity index (χ1) is 13.9. The molecular weight excluding hydrogens is 368 g/mol. The van der Waals surface area contributed by atoms with Crippen molar-refractivity contribution in [2.24, 2.45) is 0 Å². The number of pyridine rings is 1. The van der Waals surface area contributed by atoms with Crippen LogP contribution in [0.1, 0.15) is 12.6 Å². The van der Waals surface area contributed by atoms with Gasteiger partial charge in [0.25, 0.3) is 5.56 Å². The average molecular weight is 396 g/mol. The first kappa shape index (κ1) is 20.7. The fraction of sp³-hybridized carbons (Fsp3) is 0.429. The van der Waals surface area contributed by atoms with Crippen LogP contribution >= 0.6 is 0 Å². The number of hydrogen-bond donors (Lipinski definition) is 1. The Bertz CT molecular complexity index is 946. The number of carbonyl (C=O) groups is 1. The van der Waals surface area contributed by atoms with Gasteiger partial charge >= 0.3 is 0 Å². The highest BCUT2D eigenvalue weighted by atomic mass is 16.2. The number of nitrogens with one attached hydrogen (secondary N) is 1. The summed E-state index contributed by atoms with van der Waals surface area (Å²) < 4.78 is 0. The molecule has 1 aliphatic heterocycles. The molecule has 0 atom stereocenters. The molecule has 2 aromatic heterocycles. The van der Waals surface area contributed by atoms with Gasteiger partial charge in [-0.2, -0.15) is 0 Å². The second-order valence-electron chi connectivity index (χ2n) is 7.52. The number of likely N-dealkylation sites (N-methyl/N-ethyl adjacent to an activating group) is 2. The zero-order valence-electron chi connectivity index (χ0n) is 17.4. The van der Waals surface area contributed by atoms with Crippen LogP contribution in [0.3, 0.4) is 0 Å². The fourth-order valence-electron chi connectivity index (χ4n) is 3.14. The first-order valence-electron chi connectivity index (χ1n) is 9.76. The number of rotatable bonds is 7. The molecule has 1 aliphatic rings. The van der Waals surface area contributed by atoms with Gasteiger partial charge in [0.2, 0.25) is 5.91 Å². The third-order valence-corrected chi connectivity index (χ3v) is 5.06. The summed E-state index contributed by atoms with van der Waals surface area (Å²) in [4.78, 5) is 41.9. The van der Waals surface area contributed by atoms with Crippen LogP contribution in [0.5, 0.6) is 0 Å². The number of amides is 1. The molecule has 2 aromatic rings. The summed E-state index contributed by atoms with van der Waals surface area (Å²) in [5.41, 5.74) is 2.84. The van der Waals surface area contributed by atoms with E-state index >= 15 is 0 Å². The Morgan fingerprint density at radius 3 is 2.76 bits per heavy atom. The number of anilines is 1. The number of hydrogen-bond acceptors (Lipinski definition) is 6. The van der Waals surface area contributed by atoms with E-state index in [4.69, 9.17) is 0 Å². The highest BCUT2D eigenvalue weighted by Crippen LogP contribution is 2.23. The minimum atomic E-state index is -0.161. The molecule has 1 amide bonds. The molecule has 0 bridgehead atoms. The van der Waals surface area contributed by atoms with Crippen molar-refractivity contribution in [3.63, 3.8) is 0 Å².